The lowest BCUT2D eigenvalue weighted by molar-refractivity contribution is -0.173. The van der Waals surface area contributed by atoms with Crippen molar-refractivity contribution in [2.75, 3.05) is 18.4 Å². The van der Waals surface area contributed by atoms with Gasteiger partial charge in [0.15, 0.2) is 11.7 Å². The van der Waals surface area contributed by atoms with E-state index in [-0.39, 0.29) is 23.8 Å². The summed E-state index contributed by atoms with van der Waals surface area (Å²) in [6.07, 6.45) is -1.72. The molecule has 2 aromatic rings. The van der Waals surface area contributed by atoms with Crippen LogP contribution in [0.5, 0.6) is 0 Å². The molecule has 2 unspecified atom stereocenters. The van der Waals surface area contributed by atoms with Crippen LogP contribution in [-0.4, -0.2) is 39.9 Å². The summed E-state index contributed by atoms with van der Waals surface area (Å²) >= 11 is 0. The van der Waals surface area contributed by atoms with Crippen LogP contribution in [0.3, 0.4) is 0 Å². The Balaban J connectivity index is 1.65. The molecule has 0 spiro atoms. The summed E-state index contributed by atoms with van der Waals surface area (Å²) < 4.78 is 42.2. The molecule has 1 aromatic carbocycles. The minimum atomic E-state index is -4.45. The second-order valence-corrected chi connectivity index (χ2v) is 7.61. The number of hydrogen-bond donors (Lipinski definition) is 1. The number of carbonyl (C=O) groups is 1. The molecule has 2 aliphatic heterocycles. The Bertz CT molecular complexity index is 853. The van der Waals surface area contributed by atoms with Crippen LogP contribution in [0.2, 0.25) is 0 Å². The molecule has 8 heteroatoms. The van der Waals surface area contributed by atoms with Gasteiger partial charge in [0.25, 0.3) is 5.91 Å². The fraction of sp³-hybridized carbons (Fsp3) is 0.500. The minimum Gasteiger partial charge on any atom is -0.363 e. The van der Waals surface area contributed by atoms with E-state index < -0.39 is 18.3 Å². The SMILES string of the molecule is Cc1ccc(C2CC(C(F)(F)F)n3nc(C(=O)N4CCCCC4)cc3N2)cc1. The summed E-state index contributed by atoms with van der Waals surface area (Å²) in [5.41, 5.74) is 1.91. The van der Waals surface area contributed by atoms with Crippen LogP contribution < -0.4 is 5.32 Å². The molecule has 5 nitrogen and oxygen atoms in total. The third-order valence-corrected chi connectivity index (χ3v) is 5.53. The first-order chi connectivity index (χ1) is 13.3. The Morgan fingerprint density at radius 2 is 1.82 bits per heavy atom. The average molecular weight is 392 g/mol. The van der Waals surface area contributed by atoms with Gasteiger partial charge >= 0.3 is 6.18 Å². The number of carbonyl (C=O) groups excluding carboxylic acids is 1. The van der Waals surface area contributed by atoms with Crippen molar-refractivity contribution in [3.8, 4) is 0 Å². The normalized spacial score (nSPS) is 22.5. The van der Waals surface area contributed by atoms with Crippen molar-refractivity contribution >= 4 is 11.7 Å². The van der Waals surface area contributed by atoms with Crippen molar-refractivity contribution in [2.24, 2.45) is 0 Å². The molecule has 150 valence electrons. The molecular weight excluding hydrogens is 369 g/mol. The second kappa shape index (κ2) is 7.14. The molecule has 1 N–H and O–H groups in total. The van der Waals surface area contributed by atoms with Crippen LogP contribution in [-0.2, 0) is 0 Å². The predicted molar refractivity (Wildman–Crippen MR) is 99.2 cm³/mol. The van der Waals surface area contributed by atoms with E-state index in [4.69, 9.17) is 0 Å². The van der Waals surface area contributed by atoms with Crippen molar-refractivity contribution in [2.45, 2.75) is 50.9 Å². The number of nitrogens with zero attached hydrogens (tertiary/aromatic N) is 3. The minimum absolute atomic E-state index is 0.0724. The molecule has 1 aromatic heterocycles. The van der Waals surface area contributed by atoms with E-state index in [1.807, 2.05) is 31.2 Å². The van der Waals surface area contributed by atoms with Crippen molar-refractivity contribution in [3.63, 3.8) is 0 Å². The predicted octanol–water partition coefficient (Wildman–Crippen LogP) is 4.48. The molecule has 2 aliphatic rings. The van der Waals surface area contributed by atoms with Crippen molar-refractivity contribution in [3.05, 3.63) is 47.2 Å². The molecule has 0 radical (unpaired) electrons. The van der Waals surface area contributed by atoms with Crippen LogP contribution in [0.25, 0.3) is 0 Å². The van der Waals surface area contributed by atoms with E-state index in [1.54, 1.807) is 4.90 Å². The summed E-state index contributed by atoms with van der Waals surface area (Å²) in [7, 11) is 0. The highest BCUT2D eigenvalue weighted by Crippen LogP contribution is 2.43. The van der Waals surface area contributed by atoms with Gasteiger partial charge in [-0.15, -0.1) is 0 Å². The summed E-state index contributed by atoms with van der Waals surface area (Å²) in [5.74, 6) is -0.0595. The highest BCUT2D eigenvalue weighted by atomic mass is 19.4. The molecule has 1 amide bonds. The van der Waals surface area contributed by atoms with E-state index in [9.17, 15) is 18.0 Å². The zero-order valence-corrected chi connectivity index (χ0v) is 15.7. The van der Waals surface area contributed by atoms with Crippen LogP contribution in [0, 0.1) is 6.92 Å². The topological polar surface area (TPSA) is 50.2 Å². The van der Waals surface area contributed by atoms with Gasteiger partial charge in [0.2, 0.25) is 0 Å². The van der Waals surface area contributed by atoms with E-state index in [0.717, 1.165) is 35.1 Å². The van der Waals surface area contributed by atoms with Gasteiger partial charge in [-0.05, 0) is 31.7 Å². The molecule has 3 heterocycles. The summed E-state index contributed by atoms with van der Waals surface area (Å²) in [5, 5.41) is 7.20. The van der Waals surface area contributed by atoms with Crippen LogP contribution in [0.4, 0.5) is 19.0 Å². The Hall–Kier alpha value is -2.51. The second-order valence-electron chi connectivity index (χ2n) is 7.61. The largest absolute Gasteiger partial charge is 0.410 e. The van der Waals surface area contributed by atoms with Crippen LogP contribution in [0.1, 0.15) is 59.4 Å². The molecule has 4 rings (SSSR count). The quantitative estimate of drug-likeness (QED) is 0.820. The number of benzene rings is 1. The molecule has 28 heavy (non-hydrogen) atoms. The molecule has 1 saturated heterocycles. The molecular formula is C20H23F3N4O. The van der Waals surface area contributed by atoms with Gasteiger partial charge in [0.1, 0.15) is 5.82 Å². The number of alkyl halides is 3. The fourth-order valence-corrected chi connectivity index (χ4v) is 3.95. The Kier molecular flexibility index (Phi) is 4.81. The zero-order chi connectivity index (χ0) is 19.9. The molecule has 1 fully saturated rings. The van der Waals surface area contributed by atoms with E-state index in [2.05, 4.69) is 10.4 Å². The molecule has 0 saturated carbocycles. The maximum atomic E-state index is 13.8. The van der Waals surface area contributed by atoms with Crippen molar-refractivity contribution in [1.29, 1.82) is 0 Å². The van der Waals surface area contributed by atoms with Crippen molar-refractivity contribution < 1.29 is 18.0 Å². The summed E-state index contributed by atoms with van der Waals surface area (Å²) in [6, 6.07) is 6.65. The standard InChI is InChI=1S/C20H23F3N4O/c1-13-5-7-14(8-6-13)15-11-17(20(21,22)23)27-18(24-15)12-16(25-27)19(28)26-9-3-2-4-10-26/h5-8,12,15,17,24H,2-4,9-11H2,1H3. The first-order valence-electron chi connectivity index (χ1n) is 9.61. The molecule has 2 atom stereocenters. The lowest BCUT2D eigenvalue weighted by atomic mass is 9.96. The Labute approximate surface area is 161 Å². The average Bonchev–Trinajstić information content (AvgIpc) is 3.11. The molecule has 0 bridgehead atoms. The van der Waals surface area contributed by atoms with Crippen LogP contribution in [0.15, 0.2) is 30.3 Å². The lowest BCUT2D eigenvalue weighted by Crippen LogP contribution is -2.37. The Morgan fingerprint density at radius 1 is 1.14 bits per heavy atom. The van der Waals surface area contributed by atoms with Crippen molar-refractivity contribution in [1.82, 2.24) is 14.7 Å². The van der Waals surface area contributed by atoms with E-state index in [1.165, 1.54) is 6.07 Å². The van der Waals surface area contributed by atoms with Gasteiger partial charge in [0, 0.05) is 25.6 Å². The monoisotopic (exact) mass is 392 g/mol. The number of piperidine rings is 1. The first-order valence-corrected chi connectivity index (χ1v) is 9.61. The van der Waals surface area contributed by atoms with Crippen LogP contribution >= 0.6 is 0 Å². The van der Waals surface area contributed by atoms with Gasteiger partial charge in [-0.1, -0.05) is 29.8 Å². The summed E-state index contributed by atoms with van der Waals surface area (Å²) in [4.78, 5) is 14.4. The number of rotatable bonds is 2. The number of aryl methyl sites for hydroxylation is 1. The number of anilines is 1. The van der Waals surface area contributed by atoms with Gasteiger partial charge in [-0.3, -0.25) is 4.79 Å². The van der Waals surface area contributed by atoms with Gasteiger partial charge < -0.3 is 10.2 Å². The first kappa shape index (κ1) is 18.8. The molecule has 0 aliphatic carbocycles. The van der Waals surface area contributed by atoms with E-state index >= 15 is 0 Å². The van der Waals surface area contributed by atoms with Gasteiger partial charge in [0.05, 0.1) is 6.04 Å². The lowest BCUT2D eigenvalue weighted by Gasteiger charge is -2.33. The van der Waals surface area contributed by atoms with Gasteiger partial charge in [-0.2, -0.15) is 18.3 Å². The number of amides is 1. The third kappa shape index (κ3) is 3.59. The highest BCUT2D eigenvalue weighted by molar-refractivity contribution is 5.93. The Morgan fingerprint density at radius 3 is 2.46 bits per heavy atom. The van der Waals surface area contributed by atoms with Gasteiger partial charge in [-0.25, -0.2) is 4.68 Å². The number of fused-ring (bicyclic) bond motifs is 1. The number of halogens is 3. The maximum Gasteiger partial charge on any atom is 0.410 e. The number of nitrogens with one attached hydrogen (secondary N) is 1. The maximum absolute atomic E-state index is 13.8. The zero-order valence-electron chi connectivity index (χ0n) is 15.7. The smallest absolute Gasteiger partial charge is 0.363 e. The summed E-state index contributed by atoms with van der Waals surface area (Å²) in [6.45, 7) is 3.19. The van der Waals surface area contributed by atoms with E-state index in [0.29, 0.717) is 13.1 Å². The third-order valence-electron chi connectivity index (χ3n) is 5.53. The fourth-order valence-electron chi connectivity index (χ4n) is 3.95. The number of likely N-dealkylation sites (tertiary alicyclic amines) is 1. The highest BCUT2D eigenvalue weighted by Gasteiger charge is 2.47. The number of aromatic nitrogens is 2. The number of hydrogen-bond acceptors (Lipinski definition) is 3.